The van der Waals surface area contributed by atoms with Gasteiger partial charge in [0.25, 0.3) is 0 Å². The molecular weight excluding hydrogens is 240 g/mol. The molecule has 0 aliphatic carbocycles. The maximum atomic E-state index is 12.6. The second kappa shape index (κ2) is 5.80. The summed E-state index contributed by atoms with van der Waals surface area (Å²) >= 11 is 0. The predicted octanol–water partition coefficient (Wildman–Crippen LogP) is 2.28. The Labute approximate surface area is 116 Å². The second-order valence-electron chi connectivity index (χ2n) is 6.54. The van der Waals surface area contributed by atoms with E-state index < -0.39 is 0 Å². The van der Waals surface area contributed by atoms with Crippen LogP contribution in [0.2, 0.25) is 0 Å². The smallest absolute Gasteiger partial charge is 0.241 e. The molecule has 0 radical (unpaired) electrons. The number of nitrogens with zero attached hydrogens (tertiary/aromatic N) is 1. The van der Waals surface area contributed by atoms with Gasteiger partial charge in [-0.2, -0.15) is 0 Å². The minimum absolute atomic E-state index is 0.0286. The van der Waals surface area contributed by atoms with E-state index in [4.69, 9.17) is 4.74 Å². The summed E-state index contributed by atoms with van der Waals surface area (Å²) in [5.74, 6) is 0.295. The molecule has 110 valence electrons. The van der Waals surface area contributed by atoms with Crippen molar-refractivity contribution in [3.63, 3.8) is 0 Å². The number of hydrogen-bond donors (Lipinski definition) is 1. The molecule has 0 bridgehead atoms. The van der Waals surface area contributed by atoms with E-state index in [0.29, 0.717) is 11.9 Å². The Morgan fingerprint density at radius 1 is 1.47 bits per heavy atom. The normalized spacial score (nSPS) is 34.8. The van der Waals surface area contributed by atoms with Crippen molar-refractivity contribution in [1.29, 1.82) is 0 Å². The lowest BCUT2D eigenvalue weighted by Crippen LogP contribution is -2.50. The molecule has 1 amide bonds. The van der Waals surface area contributed by atoms with Gasteiger partial charge >= 0.3 is 0 Å². The summed E-state index contributed by atoms with van der Waals surface area (Å²) in [6.45, 7) is 9.26. The quantitative estimate of drug-likeness (QED) is 0.850. The van der Waals surface area contributed by atoms with Crippen molar-refractivity contribution in [1.82, 2.24) is 10.2 Å². The van der Waals surface area contributed by atoms with Gasteiger partial charge in [0.1, 0.15) is 0 Å². The molecule has 4 heteroatoms. The van der Waals surface area contributed by atoms with Crippen LogP contribution in [0, 0.1) is 0 Å². The van der Waals surface area contributed by atoms with Gasteiger partial charge in [-0.25, -0.2) is 0 Å². The average Bonchev–Trinajstić information content (AvgIpc) is 2.60. The molecule has 0 aromatic rings. The van der Waals surface area contributed by atoms with Crippen molar-refractivity contribution in [3.8, 4) is 0 Å². The van der Waals surface area contributed by atoms with E-state index >= 15 is 0 Å². The highest BCUT2D eigenvalue weighted by Crippen LogP contribution is 2.30. The molecule has 3 unspecified atom stereocenters. The number of nitrogens with one attached hydrogen (secondary N) is 1. The number of ether oxygens (including phenoxy) is 1. The van der Waals surface area contributed by atoms with Crippen LogP contribution in [0.15, 0.2) is 0 Å². The van der Waals surface area contributed by atoms with Crippen molar-refractivity contribution >= 4 is 5.91 Å². The first kappa shape index (κ1) is 14.8. The van der Waals surface area contributed by atoms with Crippen LogP contribution in [0.3, 0.4) is 0 Å². The lowest BCUT2D eigenvalue weighted by molar-refractivity contribution is -0.138. The first-order valence-corrected chi connectivity index (χ1v) is 7.67. The monoisotopic (exact) mass is 268 g/mol. The maximum Gasteiger partial charge on any atom is 0.241 e. The average molecular weight is 268 g/mol. The van der Waals surface area contributed by atoms with Crippen molar-refractivity contribution in [2.45, 2.75) is 83.6 Å². The zero-order valence-electron chi connectivity index (χ0n) is 12.7. The van der Waals surface area contributed by atoms with Gasteiger partial charge in [-0.05, 0) is 40.0 Å². The van der Waals surface area contributed by atoms with Gasteiger partial charge < -0.3 is 9.64 Å². The zero-order valence-corrected chi connectivity index (χ0v) is 12.7. The highest BCUT2D eigenvalue weighted by Gasteiger charge is 2.42. The van der Waals surface area contributed by atoms with Crippen LogP contribution in [-0.2, 0) is 9.53 Å². The molecule has 0 aromatic heterocycles. The Morgan fingerprint density at radius 2 is 2.21 bits per heavy atom. The topological polar surface area (TPSA) is 41.6 Å². The first-order valence-electron chi connectivity index (χ1n) is 7.67. The van der Waals surface area contributed by atoms with E-state index in [2.05, 4.69) is 37.9 Å². The molecule has 3 atom stereocenters. The lowest BCUT2D eigenvalue weighted by Gasteiger charge is -2.41. The van der Waals surface area contributed by atoms with E-state index in [1.54, 1.807) is 0 Å². The van der Waals surface area contributed by atoms with E-state index in [1.807, 2.05) is 0 Å². The number of carbonyl (C=O) groups excluding carboxylic acids is 1. The number of carbonyl (C=O) groups is 1. The summed E-state index contributed by atoms with van der Waals surface area (Å²) in [6, 6.07) is 0.353. The highest BCUT2D eigenvalue weighted by molar-refractivity contribution is 5.84. The van der Waals surface area contributed by atoms with Crippen LogP contribution >= 0.6 is 0 Å². The summed E-state index contributed by atoms with van der Waals surface area (Å²) in [6.07, 6.45) is 5.27. The lowest BCUT2D eigenvalue weighted by atomic mass is 9.92. The Hall–Kier alpha value is -0.610. The largest absolute Gasteiger partial charge is 0.375 e. The van der Waals surface area contributed by atoms with Crippen molar-refractivity contribution in [2.75, 3.05) is 6.61 Å². The van der Waals surface area contributed by atoms with Gasteiger partial charge in [0.05, 0.1) is 17.8 Å². The third-order valence-electron chi connectivity index (χ3n) is 4.32. The maximum absolute atomic E-state index is 12.6. The predicted molar refractivity (Wildman–Crippen MR) is 75.8 cm³/mol. The van der Waals surface area contributed by atoms with E-state index in [9.17, 15) is 4.79 Å². The van der Waals surface area contributed by atoms with Crippen molar-refractivity contribution in [3.05, 3.63) is 0 Å². The van der Waals surface area contributed by atoms with Crippen molar-refractivity contribution in [2.24, 2.45) is 0 Å². The number of amides is 1. The molecule has 2 fully saturated rings. The fourth-order valence-corrected chi connectivity index (χ4v) is 3.36. The van der Waals surface area contributed by atoms with Gasteiger partial charge in [-0.1, -0.05) is 19.8 Å². The minimum Gasteiger partial charge on any atom is -0.375 e. The van der Waals surface area contributed by atoms with Gasteiger partial charge in [-0.15, -0.1) is 0 Å². The van der Waals surface area contributed by atoms with E-state index in [-0.39, 0.29) is 17.8 Å². The molecular formula is C15H28N2O2. The van der Waals surface area contributed by atoms with E-state index in [0.717, 1.165) is 38.7 Å². The Morgan fingerprint density at radius 3 is 2.84 bits per heavy atom. The Balaban J connectivity index is 2.01. The van der Waals surface area contributed by atoms with Crippen LogP contribution in [0.1, 0.15) is 59.8 Å². The zero-order chi connectivity index (χ0) is 14.0. The standard InChI is InChI=1S/C15H28N2O2/c1-5-6-7-13-14(18)17(11(2)16-13)12-8-9-19-15(3,4)10-12/h11-13,16H,5-10H2,1-4H3. The number of hydrogen-bond acceptors (Lipinski definition) is 3. The molecule has 2 aliphatic rings. The summed E-state index contributed by atoms with van der Waals surface area (Å²) in [4.78, 5) is 14.6. The molecule has 4 nitrogen and oxygen atoms in total. The molecule has 19 heavy (non-hydrogen) atoms. The molecule has 0 aromatic carbocycles. The second-order valence-corrected chi connectivity index (χ2v) is 6.54. The van der Waals surface area contributed by atoms with Crippen LogP contribution in [-0.4, -0.2) is 41.3 Å². The third-order valence-corrected chi connectivity index (χ3v) is 4.32. The van der Waals surface area contributed by atoms with E-state index in [1.165, 1.54) is 0 Å². The summed E-state index contributed by atoms with van der Waals surface area (Å²) < 4.78 is 5.76. The van der Waals surface area contributed by atoms with Gasteiger partial charge in [0.2, 0.25) is 5.91 Å². The van der Waals surface area contributed by atoms with Gasteiger partial charge in [0.15, 0.2) is 0 Å². The Kier molecular flexibility index (Phi) is 4.51. The molecule has 2 rings (SSSR count). The summed E-state index contributed by atoms with van der Waals surface area (Å²) in [7, 11) is 0. The molecule has 0 spiro atoms. The summed E-state index contributed by atoms with van der Waals surface area (Å²) in [5, 5.41) is 3.45. The molecule has 0 saturated carbocycles. The fraction of sp³-hybridized carbons (Fsp3) is 0.933. The van der Waals surface area contributed by atoms with Crippen LogP contribution in [0.25, 0.3) is 0 Å². The highest BCUT2D eigenvalue weighted by atomic mass is 16.5. The number of unbranched alkanes of at least 4 members (excludes halogenated alkanes) is 1. The Bertz CT molecular complexity index is 330. The summed E-state index contributed by atoms with van der Waals surface area (Å²) in [5.41, 5.74) is -0.107. The fourth-order valence-electron chi connectivity index (χ4n) is 3.36. The van der Waals surface area contributed by atoms with Crippen LogP contribution < -0.4 is 5.32 Å². The van der Waals surface area contributed by atoms with Crippen LogP contribution in [0.5, 0.6) is 0 Å². The molecule has 2 heterocycles. The van der Waals surface area contributed by atoms with Crippen LogP contribution in [0.4, 0.5) is 0 Å². The SMILES string of the molecule is CCCCC1NC(C)N(C2CCOC(C)(C)C2)C1=O. The van der Waals surface area contributed by atoms with Gasteiger partial charge in [-0.3, -0.25) is 10.1 Å². The first-order chi connectivity index (χ1) is 8.94. The van der Waals surface area contributed by atoms with Gasteiger partial charge in [0, 0.05) is 12.6 Å². The molecule has 2 aliphatic heterocycles. The minimum atomic E-state index is -0.107. The van der Waals surface area contributed by atoms with Crippen molar-refractivity contribution < 1.29 is 9.53 Å². The number of rotatable bonds is 4. The third kappa shape index (κ3) is 3.29. The molecule has 2 saturated heterocycles. The molecule has 1 N–H and O–H groups in total.